The minimum atomic E-state index is -0.944. The molecule has 1 aromatic heterocycles. The Balaban J connectivity index is 1.84. The minimum Gasteiger partial charge on any atom is -0.493 e. The molecule has 2 amide bonds. The number of ether oxygens (including phenoxy) is 3. The van der Waals surface area contributed by atoms with E-state index in [9.17, 15) is 9.59 Å². The summed E-state index contributed by atoms with van der Waals surface area (Å²) in [6, 6.07) is 14.2. The highest BCUT2D eigenvalue weighted by atomic mass is 32.1. The van der Waals surface area contributed by atoms with Crippen LogP contribution in [-0.2, 0) is 16.0 Å². The fourth-order valence-corrected chi connectivity index (χ4v) is 5.69. The summed E-state index contributed by atoms with van der Waals surface area (Å²) >= 11 is 1.52. The molecule has 1 fully saturated rings. The third-order valence-corrected chi connectivity index (χ3v) is 7.82. The molecule has 0 aliphatic heterocycles. The van der Waals surface area contributed by atoms with Gasteiger partial charge in [-0.2, -0.15) is 0 Å². The van der Waals surface area contributed by atoms with Gasteiger partial charge in [0.25, 0.3) is 0 Å². The molecular weight excluding hydrogens is 500 g/mol. The Bertz CT molecular complexity index is 1190. The van der Waals surface area contributed by atoms with E-state index >= 15 is 0 Å². The molecular formula is C30H36N2O5S. The lowest BCUT2D eigenvalue weighted by Crippen LogP contribution is -2.47. The van der Waals surface area contributed by atoms with Crippen molar-refractivity contribution in [2.45, 2.75) is 57.5 Å². The maximum absolute atomic E-state index is 14.1. The number of thiophene rings is 1. The number of hydrogen-bond donors (Lipinski definition) is 1. The van der Waals surface area contributed by atoms with Crippen LogP contribution in [0.25, 0.3) is 0 Å². The Morgan fingerprint density at radius 3 is 2.18 bits per heavy atom. The number of hydrogen-bond acceptors (Lipinski definition) is 6. The number of anilines is 1. The van der Waals surface area contributed by atoms with Crippen molar-refractivity contribution in [3.8, 4) is 17.2 Å². The van der Waals surface area contributed by atoms with Gasteiger partial charge in [0.2, 0.25) is 17.6 Å². The van der Waals surface area contributed by atoms with Crippen molar-refractivity contribution in [2.24, 2.45) is 0 Å². The van der Waals surface area contributed by atoms with E-state index in [4.69, 9.17) is 14.2 Å². The highest BCUT2D eigenvalue weighted by Crippen LogP contribution is 2.42. The molecule has 0 spiro atoms. The first-order chi connectivity index (χ1) is 18.4. The summed E-state index contributed by atoms with van der Waals surface area (Å²) in [5.74, 6) is 0.871. The molecule has 8 heteroatoms. The lowest BCUT2D eigenvalue weighted by atomic mass is 9.94. The number of amides is 2. The first kappa shape index (κ1) is 27.5. The average molecular weight is 537 g/mol. The lowest BCUT2D eigenvalue weighted by Gasteiger charge is -2.34. The van der Waals surface area contributed by atoms with Gasteiger partial charge < -0.3 is 19.5 Å². The summed E-state index contributed by atoms with van der Waals surface area (Å²) < 4.78 is 16.7. The van der Waals surface area contributed by atoms with E-state index in [0.29, 0.717) is 28.5 Å². The highest BCUT2D eigenvalue weighted by molar-refractivity contribution is 7.10. The topological polar surface area (TPSA) is 77.1 Å². The number of nitrogens with one attached hydrogen (secondary N) is 1. The summed E-state index contributed by atoms with van der Waals surface area (Å²) in [6.45, 7) is 1.99. The third kappa shape index (κ3) is 6.30. The SMILES string of the molecule is COc1cc(C(C(=O)NC2CCCCC2)N(C(=O)Cc2cccs2)c2ccc(C)cc2)cc(OC)c1OC. The fraction of sp³-hybridized carbons (Fsp3) is 0.400. The molecule has 0 radical (unpaired) electrons. The Morgan fingerprint density at radius 2 is 1.63 bits per heavy atom. The van der Waals surface area contributed by atoms with Crippen LogP contribution < -0.4 is 24.4 Å². The average Bonchev–Trinajstić information content (AvgIpc) is 3.44. The molecule has 1 atom stereocenters. The van der Waals surface area contributed by atoms with E-state index < -0.39 is 6.04 Å². The van der Waals surface area contributed by atoms with Gasteiger partial charge in [-0.05, 0) is 61.0 Å². The lowest BCUT2D eigenvalue weighted by molar-refractivity contribution is -0.127. The largest absolute Gasteiger partial charge is 0.493 e. The smallest absolute Gasteiger partial charge is 0.248 e. The van der Waals surface area contributed by atoms with Gasteiger partial charge >= 0.3 is 0 Å². The van der Waals surface area contributed by atoms with Crippen LogP contribution in [0.2, 0.25) is 0 Å². The Labute approximate surface area is 228 Å². The Hall–Kier alpha value is -3.52. The molecule has 1 aliphatic rings. The van der Waals surface area contributed by atoms with E-state index in [2.05, 4.69) is 5.32 Å². The fourth-order valence-electron chi connectivity index (χ4n) is 4.99. The number of rotatable bonds is 10. The first-order valence-corrected chi connectivity index (χ1v) is 13.8. The van der Waals surface area contributed by atoms with Crippen LogP contribution in [0.3, 0.4) is 0 Å². The Kier molecular flexibility index (Phi) is 9.29. The summed E-state index contributed by atoms with van der Waals surface area (Å²) in [5, 5.41) is 5.20. The zero-order valence-electron chi connectivity index (χ0n) is 22.5. The molecule has 1 saturated carbocycles. The quantitative estimate of drug-likeness (QED) is 0.352. The number of aryl methyl sites for hydroxylation is 1. The minimum absolute atomic E-state index is 0.0769. The molecule has 4 rings (SSSR count). The maximum Gasteiger partial charge on any atom is 0.248 e. The normalized spacial score (nSPS) is 14.4. The molecule has 1 heterocycles. The van der Waals surface area contributed by atoms with Gasteiger partial charge in [-0.25, -0.2) is 0 Å². The molecule has 7 nitrogen and oxygen atoms in total. The van der Waals surface area contributed by atoms with Crippen molar-refractivity contribution >= 4 is 28.8 Å². The van der Waals surface area contributed by atoms with Crippen molar-refractivity contribution in [3.63, 3.8) is 0 Å². The predicted molar refractivity (Wildman–Crippen MR) is 151 cm³/mol. The number of carbonyl (C=O) groups excluding carboxylic acids is 2. The summed E-state index contributed by atoms with van der Waals surface area (Å²) in [6.07, 6.45) is 5.39. The summed E-state index contributed by atoms with van der Waals surface area (Å²) in [7, 11) is 4.62. The highest BCUT2D eigenvalue weighted by Gasteiger charge is 2.35. The molecule has 1 aliphatic carbocycles. The van der Waals surface area contributed by atoms with Crippen LogP contribution in [0.5, 0.6) is 17.2 Å². The van der Waals surface area contributed by atoms with Gasteiger partial charge in [0, 0.05) is 16.6 Å². The molecule has 0 bridgehead atoms. The van der Waals surface area contributed by atoms with Crippen molar-refractivity contribution in [3.05, 3.63) is 69.9 Å². The van der Waals surface area contributed by atoms with Gasteiger partial charge in [0.1, 0.15) is 6.04 Å². The first-order valence-electron chi connectivity index (χ1n) is 13.0. The molecule has 0 saturated heterocycles. The molecule has 1 N–H and O–H groups in total. The van der Waals surface area contributed by atoms with E-state index in [0.717, 1.165) is 36.1 Å². The second kappa shape index (κ2) is 12.8. The van der Waals surface area contributed by atoms with Gasteiger partial charge in [-0.1, -0.05) is 43.0 Å². The zero-order chi connectivity index (χ0) is 27.1. The number of nitrogens with zero attached hydrogens (tertiary/aromatic N) is 1. The number of benzene rings is 2. The zero-order valence-corrected chi connectivity index (χ0v) is 23.3. The number of carbonyl (C=O) groups is 2. The summed E-state index contributed by atoms with van der Waals surface area (Å²) in [4.78, 5) is 30.7. The second-order valence-corrected chi connectivity index (χ2v) is 10.6. The predicted octanol–water partition coefficient (Wildman–Crippen LogP) is 5.85. The third-order valence-electron chi connectivity index (χ3n) is 6.95. The van der Waals surface area contributed by atoms with E-state index in [1.165, 1.54) is 39.1 Å². The number of methoxy groups -OCH3 is 3. The van der Waals surface area contributed by atoms with Crippen LogP contribution in [0.15, 0.2) is 53.9 Å². The second-order valence-electron chi connectivity index (χ2n) is 9.56. The van der Waals surface area contributed by atoms with Crippen molar-refractivity contribution in [1.82, 2.24) is 5.32 Å². The van der Waals surface area contributed by atoms with E-state index in [1.807, 2.05) is 48.7 Å². The van der Waals surface area contributed by atoms with Gasteiger partial charge in [-0.15, -0.1) is 11.3 Å². The maximum atomic E-state index is 14.1. The molecule has 202 valence electrons. The van der Waals surface area contributed by atoms with Crippen molar-refractivity contribution < 1.29 is 23.8 Å². The molecule has 3 aromatic rings. The van der Waals surface area contributed by atoms with E-state index in [1.54, 1.807) is 17.0 Å². The van der Waals surface area contributed by atoms with Gasteiger partial charge in [-0.3, -0.25) is 14.5 Å². The van der Waals surface area contributed by atoms with Crippen LogP contribution in [0.4, 0.5) is 5.69 Å². The van der Waals surface area contributed by atoms with Gasteiger partial charge in [0.05, 0.1) is 27.8 Å². The van der Waals surface area contributed by atoms with Crippen LogP contribution in [0.1, 0.15) is 54.1 Å². The van der Waals surface area contributed by atoms with Gasteiger partial charge in [0.15, 0.2) is 11.5 Å². The monoisotopic (exact) mass is 536 g/mol. The standard InChI is InChI=1S/C30H36N2O5S/c1-20-12-14-23(15-13-20)32(27(33)19-24-11-8-16-38-24)28(30(34)31-22-9-6-5-7-10-22)21-17-25(35-2)29(37-4)26(18-21)36-3/h8,11-18,22,28H,5-7,9-10,19H2,1-4H3,(H,31,34). The molecule has 38 heavy (non-hydrogen) atoms. The Morgan fingerprint density at radius 1 is 0.974 bits per heavy atom. The van der Waals surface area contributed by atoms with Crippen LogP contribution in [0, 0.1) is 6.92 Å². The molecule has 1 unspecified atom stereocenters. The van der Waals surface area contributed by atoms with Crippen molar-refractivity contribution in [2.75, 3.05) is 26.2 Å². The summed E-state index contributed by atoms with van der Waals surface area (Å²) in [5.41, 5.74) is 2.29. The van der Waals surface area contributed by atoms with Crippen molar-refractivity contribution in [1.29, 1.82) is 0 Å². The van der Waals surface area contributed by atoms with E-state index in [-0.39, 0.29) is 24.3 Å². The van der Waals surface area contributed by atoms with Crippen LogP contribution in [-0.4, -0.2) is 39.2 Å². The van der Waals surface area contributed by atoms with Crippen LogP contribution >= 0.6 is 11.3 Å². The molecule has 2 aromatic carbocycles.